The van der Waals surface area contributed by atoms with E-state index in [2.05, 4.69) is 11.2 Å². The number of halogens is 3. The summed E-state index contributed by atoms with van der Waals surface area (Å²) in [5.74, 6) is 2.49. The third-order valence-electron chi connectivity index (χ3n) is 1.56. The van der Waals surface area contributed by atoms with E-state index < -0.39 is 0 Å². The summed E-state index contributed by atoms with van der Waals surface area (Å²) >= 11 is 11.7. The Hall–Kier alpha value is -0.390. The van der Waals surface area contributed by atoms with Crippen LogP contribution in [0.3, 0.4) is 0 Å². The molecular weight excluding hydrogens is 240 g/mol. The van der Waals surface area contributed by atoms with Crippen molar-refractivity contribution in [2.75, 3.05) is 6.54 Å². The molecule has 1 nitrogen and oxygen atoms in total. The molecule has 76 valence electrons. The summed E-state index contributed by atoms with van der Waals surface area (Å²) in [4.78, 5) is 0. The highest BCUT2D eigenvalue weighted by Crippen LogP contribution is 2.20. The first-order chi connectivity index (χ1) is 6.24. The van der Waals surface area contributed by atoms with E-state index in [4.69, 9.17) is 29.6 Å². The summed E-state index contributed by atoms with van der Waals surface area (Å²) in [7, 11) is 0. The molecule has 0 aromatic heterocycles. The standard InChI is InChI=1S/C10H9Cl2N.ClH/c1-2-5-13-7-8-3-4-9(11)6-10(8)12;/h1,3-4,6,13H,5,7H2;1H. The lowest BCUT2D eigenvalue weighted by Gasteiger charge is -2.04. The Morgan fingerprint density at radius 3 is 2.64 bits per heavy atom. The maximum absolute atomic E-state index is 5.93. The second-order valence-corrected chi connectivity index (χ2v) is 3.39. The molecule has 0 amide bonds. The Morgan fingerprint density at radius 2 is 2.07 bits per heavy atom. The molecule has 0 saturated heterocycles. The lowest BCUT2D eigenvalue weighted by Crippen LogP contribution is -2.13. The molecule has 0 heterocycles. The van der Waals surface area contributed by atoms with Gasteiger partial charge in [0.1, 0.15) is 0 Å². The highest BCUT2D eigenvalue weighted by atomic mass is 35.5. The minimum atomic E-state index is 0. The van der Waals surface area contributed by atoms with Gasteiger partial charge in [-0.05, 0) is 17.7 Å². The van der Waals surface area contributed by atoms with E-state index in [0.717, 1.165) is 5.56 Å². The molecule has 0 aliphatic heterocycles. The number of hydrogen-bond acceptors (Lipinski definition) is 1. The van der Waals surface area contributed by atoms with Crippen LogP contribution in [0, 0.1) is 12.3 Å². The molecule has 0 aliphatic rings. The number of hydrogen-bond donors (Lipinski definition) is 1. The van der Waals surface area contributed by atoms with Gasteiger partial charge in [0.25, 0.3) is 0 Å². The zero-order chi connectivity index (χ0) is 9.68. The Kier molecular flexibility index (Phi) is 6.78. The predicted molar refractivity (Wildman–Crippen MR) is 64.2 cm³/mol. The molecular formula is C10H10Cl3N. The van der Waals surface area contributed by atoms with Crippen molar-refractivity contribution in [3.05, 3.63) is 33.8 Å². The second-order valence-electron chi connectivity index (χ2n) is 2.54. The summed E-state index contributed by atoms with van der Waals surface area (Å²) in [6.45, 7) is 1.21. The van der Waals surface area contributed by atoms with Crippen molar-refractivity contribution in [2.24, 2.45) is 0 Å². The third kappa shape index (κ3) is 4.21. The monoisotopic (exact) mass is 249 g/mol. The van der Waals surface area contributed by atoms with Crippen LogP contribution >= 0.6 is 35.6 Å². The van der Waals surface area contributed by atoms with Crippen molar-refractivity contribution in [1.82, 2.24) is 5.32 Å². The van der Waals surface area contributed by atoms with Crippen molar-refractivity contribution < 1.29 is 0 Å². The molecule has 4 heteroatoms. The van der Waals surface area contributed by atoms with Gasteiger partial charge in [0.05, 0.1) is 6.54 Å². The second kappa shape index (κ2) is 6.98. The minimum Gasteiger partial charge on any atom is -0.302 e. The number of benzene rings is 1. The summed E-state index contributed by atoms with van der Waals surface area (Å²) in [6, 6.07) is 5.41. The lowest BCUT2D eigenvalue weighted by atomic mass is 10.2. The van der Waals surface area contributed by atoms with E-state index in [1.165, 1.54) is 0 Å². The molecule has 0 aliphatic carbocycles. The van der Waals surface area contributed by atoms with E-state index in [-0.39, 0.29) is 12.4 Å². The van der Waals surface area contributed by atoms with E-state index in [9.17, 15) is 0 Å². The number of rotatable bonds is 3. The quantitative estimate of drug-likeness (QED) is 0.642. The van der Waals surface area contributed by atoms with Gasteiger partial charge in [-0.3, -0.25) is 0 Å². The van der Waals surface area contributed by atoms with Crippen LogP contribution in [0.5, 0.6) is 0 Å². The molecule has 0 bridgehead atoms. The molecule has 1 rings (SSSR count). The van der Waals surface area contributed by atoms with Crippen LogP contribution in [0.1, 0.15) is 5.56 Å². The molecule has 0 atom stereocenters. The Morgan fingerprint density at radius 1 is 1.36 bits per heavy atom. The fraction of sp³-hybridized carbons (Fsp3) is 0.200. The van der Waals surface area contributed by atoms with Crippen molar-refractivity contribution in [1.29, 1.82) is 0 Å². The van der Waals surface area contributed by atoms with Gasteiger partial charge in [0, 0.05) is 16.6 Å². The van der Waals surface area contributed by atoms with E-state index in [1.807, 2.05) is 6.07 Å². The summed E-state index contributed by atoms with van der Waals surface area (Å²) in [5.41, 5.74) is 1.00. The van der Waals surface area contributed by atoms with Gasteiger partial charge >= 0.3 is 0 Å². The Balaban J connectivity index is 0.00000169. The van der Waals surface area contributed by atoms with Gasteiger partial charge < -0.3 is 5.32 Å². The number of terminal acetylenes is 1. The maximum Gasteiger partial charge on any atom is 0.0576 e. The predicted octanol–water partition coefficient (Wildman–Crippen LogP) is 3.14. The van der Waals surface area contributed by atoms with Crippen LogP contribution in [0.4, 0.5) is 0 Å². The topological polar surface area (TPSA) is 12.0 Å². The summed E-state index contributed by atoms with van der Waals surface area (Å²) < 4.78 is 0. The largest absolute Gasteiger partial charge is 0.302 e. The van der Waals surface area contributed by atoms with Crippen LogP contribution in [0.2, 0.25) is 10.0 Å². The smallest absolute Gasteiger partial charge is 0.0576 e. The van der Waals surface area contributed by atoms with Gasteiger partial charge in [-0.1, -0.05) is 35.2 Å². The molecule has 0 radical (unpaired) electrons. The van der Waals surface area contributed by atoms with Crippen molar-refractivity contribution in [2.45, 2.75) is 6.54 Å². The van der Waals surface area contributed by atoms with Crippen molar-refractivity contribution in [3.63, 3.8) is 0 Å². The van der Waals surface area contributed by atoms with E-state index >= 15 is 0 Å². The Labute approximate surface area is 100 Å². The molecule has 1 N–H and O–H groups in total. The molecule has 0 unspecified atom stereocenters. The van der Waals surface area contributed by atoms with E-state index in [0.29, 0.717) is 23.1 Å². The third-order valence-corrected chi connectivity index (χ3v) is 2.14. The molecule has 0 spiro atoms. The summed E-state index contributed by atoms with van der Waals surface area (Å²) in [6.07, 6.45) is 5.09. The van der Waals surface area contributed by atoms with Crippen LogP contribution in [-0.2, 0) is 6.54 Å². The highest BCUT2D eigenvalue weighted by Gasteiger charge is 1.99. The fourth-order valence-electron chi connectivity index (χ4n) is 0.934. The van der Waals surface area contributed by atoms with Crippen molar-refractivity contribution >= 4 is 35.6 Å². The van der Waals surface area contributed by atoms with Gasteiger partial charge in [-0.25, -0.2) is 0 Å². The first kappa shape index (κ1) is 13.6. The van der Waals surface area contributed by atoms with Crippen molar-refractivity contribution in [3.8, 4) is 12.3 Å². The number of nitrogens with one attached hydrogen (secondary N) is 1. The maximum atomic E-state index is 5.93. The molecule has 0 fully saturated rings. The normalized spacial score (nSPS) is 8.93. The van der Waals surface area contributed by atoms with Gasteiger partial charge in [-0.15, -0.1) is 18.8 Å². The minimum absolute atomic E-state index is 0. The highest BCUT2D eigenvalue weighted by molar-refractivity contribution is 6.35. The molecule has 1 aromatic rings. The van der Waals surface area contributed by atoms with Gasteiger partial charge in [0.15, 0.2) is 0 Å². The summed E-state index contributed by atoms with van der Waals surface area (Å²) in [5, 5.41) is 4.36. The average Bonchev–Trinajstić information content (AvgIpc) is 2.09. The van der Waals surface area contributed by atoms with Crippen LogP contribution < -0.4 is 5.32 Å². The lowest BCUT2D eigenvalue weighted by molar-refractivity contribution is 0.770. The zero-order valence-electron chi connectivity index (χ0n) is 7.39. The first-order valence-electron chi connectivity index (χ1n) is 3.82. The van der Waals surface area contributed by atoms with Gasteiger partial charge in [0.2, 0.25) is 0 Å². The molecule has 0 saturated carbocycles. The fourth-order valence-corrected chi connectivity index (χ4v) is 1.41. The van der Waals surface area contributed by atoms with Crippen LogP contribution in [0.25, 0.3) is 0 Å². The van der Waals surface area contributed by atoms with Crippen LogP contribution in [0.15, 0.2) is 18.2 Å². The zero-order valence-corrected chi connectivity index (χ0v) is 9.72. The van der Waals surface area contributed by atoms with E-state index in [1.54, 1.807) is 12.1 Å². The SMILES string of the molecule is C#CCNCc1ccc(Cl)cc1Cl.Cl. The molecule has 1 aromatic carbocycles. The van der Waals surface area contributed by atoms with Crippen LogP contribution in [-0.4, -0.2) is 6.54 Å². The van der Waals surface area contributed by atoms with Gasteiger partial charge in [-0.2, -0.15) is 0 Å². The Bertz CT molecular complexity index is 331. The molecule has 14 heavy (non-hydrogen) atoms. The average molecular weight is 251 g/mol. The first-order valence-corrected chi connectivity index (χ1v) is 4.57.